The molecule has 1 aliphatic heterocycles. The van der Waals surface area contributed by atoms with E-state index in [0.29, 0.717) is 0 Å². The molecule has 0 aromatic carbocycles. The smallest absolute Gasteiger partial charge is 0.196 e. The quantitative estimate of drug-likeness (QED) is 0.628. The molecule has 12 heavy (non-hydrogen) atoms. The zero-order chi connectivity index (χ0) is 8.97. The summed E-state index contributed by atoms with van der Waals surface area (Å²) in [5.74, 6) is 1.16. The van der Waals surface area contributed by atoms with Crippen molar-refractivity contribution >= 4 is 5.96 Å². The molecule has 0 spiro atoms. The van der Waals surface area contributed by atoms with Gasteiger partial charge in [0.05, 0.1) is 0 Å². The maximum atomic E-state index is 4.27. The minimum absolute atomic E-state index is 1.12. The van der Waals surface area contributed by atoms with Crippen LogP contribution in [0.1, 0.15) is 19.8 Å². The van der Waals surface area contributed by atoms with E-state index in [4.69, 9.17) is 0 Å². The maximum absolute atomic E-state index is 4.27. The summed E-state index contributed by atoms with van der Waals surface area (Å²) < 4.78 is 0. The lowest BCUT2D eigenvalue weighted by atomic mass is 10.3. The second kappa shape index (κ2) is 4.33. The molecule has 3 nitrogen and oxygen atoms in total. The molecule has 1 saturated heterocycles. The minimum atomic E-state index is 1.12. The fourth-order valence-corrected chi connectivity index (χ4v) is 1.59. The molecular formula is C9H19N3. The Kier molecular flexibility index (Phi) is 3.38. The van der Waals surface area contributed by atoms with Gasteiger partial charge in [-0.25, -0.2) is 0 Å². The van der Waals surface area contributed by atoms with Crippen molar-refractivity contribution in [2.75, 3.05) is 33.7 Å². The molecule has 1 rings (SSSR count). The van der Waals surface area contributed by atoms with Crippen molar-refractivity contribution in [3.8, 4) is 0 Å². The molecule has 0 bridgehead atoms. The monoisotopic (exact) mass is 169 g/mol. The number of aliphatic imine (C=N–C) groups is 1. The highest BCUT2D eigenvalue weighted by molar-refractivity contribution is 5.81. The van der Waals surface area contributed by atoms with Gasteiger partial charge in [0, 0.05) is 33.7 Å². The van der Waals surface area contributed by atoms with E-state index in [0.717, 1.165) is 25.6 Å². The summed E-state index contributed by atoms with van der Waals surface area (Å²) in [6.45, 7) is 5.65. The average Bonchev–Trinajstić information content (AvgIpc) is 2.43. The van der Waals surface area contributed by atoms with Gasteiger partial charge in [0.25, 0.3) is 0 Å². The number of nitrogens with zero attached hydrogens (tertiary/aromatic N) is 3. The first-order valence-electron chi connectivity index (χ1n) is 4.72. The van der Waals surface area contributed by atoms with Crippen molar-refractivity contribution in [2.45, 2.75) is 19.8 Å². The molecule has 70 valence electrons. The van der Waals surface area contributed by atoms with E-state index in [1.165, 1.54) is 12.8 Å². The summed E-state index contributed by atoms with van der Waals surface area (Å²) in [5, 5.41) is 0. The summed E-state index contributed by atoms with van der Waals surface area (Å²) in [6.07, 6.45) is 2.53. The molecule has 0 N–H and O–H groups in total. The normalized spacial score (nSPS) is 21.1. The highest BCUT2D eigenvalue weighted by Crippen LogP contribution is 2.07. The molecule has 0 amide bonds. The van der Waals surface area contributed by atoms with Gasteiger partial charge in [0.15, 0.2) is 5.96 Å². The van der Waals surface area contributed by atoms with Gasteiger partial charge in [0.1, 0.15) is 0 Å². The topological polar surface area (TPSA) is 18.8 Å². The van der Waals surface area contributed by atoms with Crippen LogP contribution in [0.25, 0.3) is 0 Å². The van der Waals surface area contributed by atoms with Crippen molar-refractivity contribution < 1.29 is 0 Å². The fraction of sp³-hybridized carbons (Fsp3) is 0.889. The van der Waals surface area contributed by atoms with Gasteiger partial charge < -0.3 is 9.80 Å². The Morgan fingerprint density at radius 2 is 2.17 bits per heavy atom. The number of unbranched alkanes of at least 4 members (excludes halogenated alkanes) is 1. The lowest BCUT2D eigenvalue weighted by Crippen LogP contribution is -2.31. The Hall–Kier alpha value is -0.730. The molecule has 1 aliphatic rings. The van der Waals surface area contributed by atoms with Crippen LogP contribution in [0.2, 0.25) is 0 Å². The van der Waals surface area contributed by atoms with Crippen LogP contribution in [-0.2, 0) is 0 Å². The van der Waals surface area contributed by atoms with Crippen molar-refractivity contribution in [3.63, 3.8) is 0 Å². The average molecular weight is 169 g/mol. The first-order chi connectivity index (χ1) is 5.79. The van der Waals surface area contributed by atoms with Gasteiger partial charge in [-0.3, -0.25) is 4.99 Å². The van der Waals surface area contributed by atoms with Gasteiger partial charge >= 0.3 is 0 Å². The molecule has 0 saturated carbocycles. The predicted octanol–water partition coefficient (Wildman–Crippen LogP) is 1.02. The van der Waals surface area contributed by atoms with Crippen LogP contribution < -0.4 is 0 Å². The van der Waals surface area contributed by atoms with Crippen molar-refractivity contribution in [1.82, 2.24) is 9.80 Å². The van der Waals surface area contributed by atoms with Gasteiger partial charge in [-0.05, 0) is 6.42 Å². The van der Waals surface area contributed by atoms with Crippen LogP contribution in [0, 0.1) is 0 Å². The Bertz CT molecular complexity index is 165. The molecule has 0 unspecified atom stereocenters. The zero-order valence-corrected chi connectivity index (χ0v) is 8.38. The van der Waals surface area contributed by atoms with E-state index < -0.39 is 0 Å². The summed E-state index contributed by atoms with van der Waals surface area (Å²) in [5.41, 5.74) is 0. The van der Waals surface area contributed by atoms with E-state index in [2.05, 4.69) is 28.8 Å². The predicted molar refractivity (Wildman–Crippen MR) is 52.5 cm³/mol. The first kappa shape index (κ1) is 9.36. The van der Waals surface area contributed by atoms with E-state index in [9.17, 15) is 0 Å². The summed E-state index contributed by atoms with van der Waals surface area (Å²) >= 11 is 0. The highest BCUT2D eigenvalue weighted by atomic mass is 15.4. The van der Waals surface area contributed by atoms with E-state index in [-0.39, 0.29) is 0 Å². The van der Waals surface area contributed by atoms with Gasteiger partial charge in [-0.15, -0.1) is 0 Å². The van der Waals surface area contributed by atoms with Crippen molar-refractivity contribution in [2.24, 2.45) is 4.99 Å². The molecule has 3 heteroatoms. The SMILES string of the molecule is CCCCN1CCN(C)C1=NC. The largest absolute Gasteiger partial charge is 0.344 e. The number of likely N-dealkylation sites (N-methyl/N-ethyl adjacent to an activating group) is 1. The summed E-state index contributed by atoms with van der Waals surface area (Å²) in [4.78, 5) is 8.85. The molecule has 0 radical (unpaired) electrons. The van der Waals surface area contributed by atoms with Crippen molar-refractivity contribution in [3.05, 3.63) is 0 Å². The molecule has 1 fully saturated rings. The van der Waals surface area contributed by atoms with Gasteiger partial charge in [-0.2, -0.15) is 0 Å². The Labute approximate surface area is 75.1 Å². The molecule has 0 aromatic heterocycles. The van der Waals surface area contributed by atoms with Crippen LogP contribution in [0.15, 0.2) is 4.99 Å². The number of rotatable bonds is 3. The molecule has 0 aromatic rings. The first-order valence-corrected chi connectivity index (χ1v) is 4.72. The Balaban J connectivity index is 2.44. The Morgan fingerprint density at radius 3 is 2.75 bits per heavy atom. The zero-order valence-electron chi connectivity index (χ0n) is 8.38. The van der Waals surface area contributed by atoms with Crippen molar-refractivity contribution in [1.29, 1.82) is 0 Å². The van der Waals surface area contributed by atoms with E-state index in [1.807, 2.05) is 7.05 Å². The molecule has 0 atom stereocenters. The Morgan fingerprint density at radius 1 is 1.42 bits per heavy atom. The fourth-order valence-electron chi connectivity index (χ4n) is 1.59. The molecule has 0 aliphatic carbocycles. The second-order valence-electron chi connectivity index (χ2n) is 3.29. The van der Waals surface area contributed by atoms with Crippen LogP contribution in [0.5, 0.6) is 0 Å². The maximum Gasteiger partial charge on any atom is 0.196 e. The number of guanidine groups is 1. The third kappa shape index (κ3) is 1.90. The highest BCUT2D eigenvalue weighted by Gasteiger charge is 2.21. The number of hydrogen-bond donors (Lipinski definition) is 0. The molecule has 1 heterocycles. The summed E-state index contributed by atoms with van der Waals surface area (Å²) in [6, 6.07) is 0. The summed E-state index contributed by atoms with van der Waals surface area (Å²) in [7, 11) is 3.98. The van der Waals surface area contributed by atoms with E-state index >= 15 is 0 Å². The third-order valence-electron chi connectivity index (χ3n) is 2.31. The number of hydrogen-bond acceptors (Lipinski definition) is 1. The van der Waals surface area contributed by atoms with Crippen LogP contribution >= 0.6 is 0 Å². The lowest BCUT2D eigenvalue weighted by molar-refractivity contribution is 0.447. The van der Waals surface area contributed by atoms with Crippen LogP contribution in [-0.4, -0.2) is 49.5 Å². The van der Waals surface area contributed by atoms with Gasteiger partial charge in [-0.1, -0.05) is 13.3 Å². The van der Waals surface area contributed by atoms with E-state index in [1.54, 1.807) is 0 Å². The standard InChI is InChI=1S/C9H19N3/c1-4-5-6-12-8-7-11(3)9(12)10-2/h4-8H2,1-3H3. The third-order valence-corrected chi connectivity index (χ3v) is 2.31. The lowest BCUT2D eigenvalue weighted by Gasteiger charge is -2.19. The molecular weight excluding hydrogens is 150 g/mol. The van der Waals surface area contributed by atoms with Crippen LogP contribution in [0.4, 0.5) is 0 Å². The second-order valence-corrected chi connectivity index (χ2v) is 3.29. The minimum Gasteiger partial charge on any atom is -0.344 e. The van der Waals surface area contributed by atoms with Gasteiger partial charge in [0.2, 0.25) is 0 Å². The van der Waals surface area contributed by atoms with Crippen LogP contribution in [0.3, 0.4) is 0 Å².